The van der Waals surface area contributed by atoms with Crippen molar-refractivity contribution in [3.63, 3.8) is 0 Å². The number of unbranched alkanes of at least 4 members (excludes halogenated alkanes) is 3. The molecule has 92 valence electrons. The summed E-state index contributed by atoms with van der Waals surface area (Å²) in [5.74, 6) is 0. The monoisotopic (exact) mass is 226 g/mol. The second-order valence-electron chi connectivity index (χ2n) is 3.85. The maximum absolute atomic E-state index is 5.51. The van der Waals surface area contributed by atoms with Gasteiger partial charge in [-0.25, -0.2) is 4.68 Å². The summed E-state index contributed by atoms with van der Waals surface area (Å²) in [6.07, 6.45) is 6.84. The Balaban J connectivity index is 1.98. The predicted octanol–water partition coefficient (Wildman–Crippen LogP) is 1.33. The summed E-state index contributed by atoms with van der Waals surface area (Å²) >= 11 is 0. The molecule has 5 nitrogen and oxygen atoms in total. The van der Waals surface area contributed by atoms with Crippen molar-refractivity contribution in [2.45, 2.75) is 45.7 Å². The van der Waals surface area contributed by atoms with Gasteiger partial charge in [0.05, 0.1) is 18.8 Å². The molecule has 1 aromatic heterocycles. The van der Waals surface area contributed by atoms with E-state index < -0.39 is 0 Å². The number of aromatic nitrogens is 3. The summed E-state index contributed by atoms with van der Waals surface area (Å²) in [6, 6.07) is 0. The van der Waals surface area contributed by atoms with E-state index in [1.54, 1.807) is 4.68 Å². The zero-order valence-electron chi connectivity index (χ0n) is 10.1. The highest BCUT2D eigenvalue weighted by atomic mass is 16.5. The minimum absolute atomic E-state index is 0.442. The lowest BCUT2D eigenvalue weighted by Gasteiger charge is -2.03. The maximum atomic E-state index is 5.51. The van der Waals surface area contributed by atoms with Crippen molar-refractivity contribution in [2.24, 2.45) is 5.73 Å². The largest absolute Gasteiger partial charge is 0.380 e. The molecule has 0 aliphatic carbocycles. The van der Waals surface area contributed by atoms with Crippen molar-refractivity contribution in [3.8, 4) is 0 Å². The van der Waals surface area contributed by atoms with Crippen molar-refractivity contribution in [1.29, 1.82) is 0 Å². The Bertz CT molecular complexity index is 275. The molecule has 0 aliphatic heterocycles. The van der Waals surface area contributed by atoms with Crippen LogP contribution in [-0.4, -0.2) is 28.2 Å². The summed E-state index contributed by atoms with van der Waals surface area (Å²) in [5.41, 5.74) is 6.26. The third-order valence-corrected chi connectivity index (χ3v) is 2.40. The van der Waals surface area contributed by atoms with E-state index in [0.717, 1.165) is 25.3 Å². The smallest absolute Gasteiger partial charge is 0.0962 e. The number of nitrogens with two attached hydrogens (primary N) is 1. The zero-order valence-corrected chi connectivity index (χ0v) is 10.1. The minimum atomic E-state index is 0.442. The molecule has 0 fully saturated rings. The van der Waals surface area contributed by atoms with Crippen LogP contribution < -0.4 is 5.73 Å². The van der Waals surface area contributed by atoms with Crippen LogP contribution in [0.2, 0.25) is 0 Å². The van der Waals surface area contributed by atoms with Gasteiger partial charge in [0, 0.05) is 19.3 Å². The van der Waals surface area contributed by atoms with Gasteiger partial charge in [-0.05, 0) is 6.42 Å². The molecule has 0 unspecified atom stereocenters. The molecular weight excluding hydrogens is 204 g/mol. The lowest BCUT2D eigenvalue weighted by atomic mass is 10.2. The van der Waals surface area contributed by atoms with Crippen LogP contribution in [0.3, 0.4) is 0 Å². The molecule has 1 aromatic rings. The predicted molar refractivity (Wildman–Crippen MR) is 62.9 cm³/mol. The van der Waals surface area contributed by atoms with Gasteiger partial charge in [0.1, 0.15) is 0 Å². The van der Waals surface area contributed by atoms with Gasteiger partial charge in [-0.2, -0.15) is 0 Å². The second-order valence-corrected chi connectivity index (χ2v) is 3.85. The SMILES string of the molecule is CCCCCCOCCn1cc(CN)nn1. The average Bonchev–Trinajstić information content (AvgIpc) is 2.76. The normalized spacial score (nSPS) is 10.9. The molecule has 0 atom stereocenters. The quantitative estimate of drug-likeness (QED) is 0.645. The first-order valence-corrected chi connectivity index (χ1v) is 6.03. The second kappa shape index (κ2) is 8.24. The number of ether oxygens (including phenoxy) is 1. The van der Waals surface area contributed by atoms with Crippen molar-refractivity contribution in [3.05, 3.63) is 11.9 Å². The first-order chi connectivity index (χ1) is 7.86. The van der Waals surface area contributed by atoms with Crippen LogP contribution >= 0.6 is 0 Å². The van der Waals surface area contributed by atoms with Crippen molar-refractivity contribution < 1.29 is 4.74 Å². The Morgan fingerprint density at radius 2 is 2.19 bits per heavy atom. The van der Waals surface area contributed by atoms with Gasteiger partial charge < -0.3 is 10.5 Å². The number of hydrogen-bond acceptors (Lipinski definition) is 4. The first kappa shape index (κ1) is 13.1. The van der Waals surface area contributed by atoms with Crippen molar-refractivity contribution >= 4 is 0 Å². The van der Waals surface area contributed by atoms with E-state index in [9.17, 15) is 0 Å². The summed E-state index contributed by atoms with van der Waals surface area (Å²) in [7, 11) is 0. The Hall–Kier alpha value is -0.940. The van der Waals surface area contributed by atoms with E-state index >= 15 is 0 Å². The summed E-state index contributed by atoms with van der Waals surface area (Å²) in [5, 5.41) is 7.85. The summed E-state index contributed by atoms with van der Waals surface area (Å²) in [4.78, 5) is 0. The van der Waals surface area contributed by atoms with Gasteiger partial charge in [0.2, 0.25) is 0 Å². The molecule has 0 aromatic carbocycles. The summed E-state index contributed by atoms with van der Waals surface area (Å²) < 4.78 is 7.28. The third kappa shape index (κ3) is 5.23. The van der Waals surface area contributed by atoms with Gasteiger partial charge in [-0.15, -0.1) is 5.10 Å². The Kier molecular flexibility index (Phi) is 6.76. The first-order valence-electron chi connectivity index (χ1n) is 6.03. The van der Waals surface area contributed by atoms with Crippen LogP contribution in [0.15, 0.2) is 6.20 Å². The lowest BCUT2D eigenvalue weighted by molar-refractivity contribution is 0.119. The average molecular weight is 226 g/mol. The maximum Gasteiger partial charge on any atom is 0.0962 e. The molecule has 0 radical (unpaired) electrons. The van der Waals surface area contributed by atoms with E-state index in [2.05, 4.69) is 17.2 Å². The van der Waals surface area contributed by atoms with E-state index in [1.807, 2.05) is 6.20 Å². The molecular formula is C11H22N4O. The Morgan fingerprint density at radius 3 is 2.88 bits per heavy atom. The topological polar surface area (TPSA) is 66.0 Å². The van der Waals surface area contributed by atoms with Crippen LogP contribution in [0, 0.1) is 0 Å². The zero-order chi connectivity index (χ0) is 11.6. The van der Waals surface area contributed by atoms with Gasteiger partial charge in [0.25, 0.3) is 0 Å². The highest BCUT2D eigenvalue weighted by Gasteiger charge is 1.97. The van der Waals surface area contributed by atoms with Gasteiger partial charge in [0.15, 0.2) is 0 Å². The molecule has 0 saturated heterocycles. The van der Waals surface area contributed by atoms with Crippen LogP contribution in [0.5, 0.6) is 0 Å². The van der Waals surface area contributed by atoms with Crippen molar-refractivity contribution in [2.75, 3.05) is 13.2 Å². The van der Waals surface area contributed by atoms with E-state index in [1.165, 1.54) is 19.3 Å². The fourth-order valence-corrected chi connectivity index (χ4v) is 1.43. The molecule has 5 heteroatoms. The number of hydrogen-bond donors (Lipinski definition) is 1. The number of rotatable bonds is 9. The molecule has 0 aliphatic rings. The van der Waals surface area contributed by atoms with E-state index in [0.29, 0.717) is 13.2 Å². The molecule has 0 amide bonds. The molecule has 0 spiro atoms. The molecule has 16 heavy (non-hydrogen) atoms. The lowest BCUT2D eigenvalue weighted by Crippen LogP contribution is -2.07. The molecule has 0 bridgehead atoms. The van der Waals surface area contributed by atoms with Crippen LogP contribution in [0.4, 0.5) is 0 Å². The van der Waals surface area contributed by atoms with Gasteiger partial charge in [-0.1, -0.05) is 31.4 Å². The number of nitrogens with zero attached hydrogens (tertiary/aromatic N) is 3. The minimum Gasteiger partial charge on any atom is -0.380 e. The van der Waals surface area contributed by atoms with E-state index in [-0.39, 0.29) is 0 Å². The van der Waals surface area contributed by atoms with Crippen LogP contribution in [0.1, 0.15) is 38.3 Å². The van der Waals surface area contributed by atoms with Gasteiger partial charge >= 0.3 is 0 Å². The fraction of sp³-hybridized carbons (Fsp3) is 0.818. The van der Waals surface area contributed by atoms with Crippen LogP contribution in [-0.2, 0) is 17.8 Å². The molecule has 2 N–H and O–H groups in total. The van der Waals surface area contributed by atoms with Crippen LogP contribution in [0.25, 0.3) is 0 Å². The van der Waals surface area contributed by atoms with Gasteiger partial charge in [-0.3, -0.25) is 0 Å². The third-order valence-electron chi connectivity index (χ3n) is 2.40. The molecule has 1 rings (SSSR count). The Labute approximate surface area is 97.0 Å². The van der Waals surface area contributed by atoms with E-state index in [4.69, 9.17) is 10.5 Å². The standard InChI is InChI=1S/C11H22N4O/c1-2-3-4-5-7-16-8-6-15-10-11(9-12)13-14-15/h10H,2-9,12H2,1H3. The molecule has 0 saturated carbocycles. The highest BCUT2D eigenvalue weighted by molar-refractivity contribution is 4.90. The highest BCUT2D eigenvalue weighted by Crippen LogP contribution is 1.99. The molecule has 1 heterocycles. The fourth-order valence-electron chi connectivity index (χ4n) is 1.43. The summed E-state index contributed by atoms with van der Waals surface area (Å²) in [6.45, 7) is 4.94. The van der Waals surface area contributed by atoms with Crippen molar-refractivity contribution in [1.82, 2.24) is 15.0 Å². The Morgan fingerprint density at radius 1 is 1.31 bits per heavy atom.